The standard InChI is InChI=1S/C13H18N2O6/c1-8-5-14(6-9(16)17)12(20)15(10(8)18)7-21-11(19)13(2,3)4/h5H,6-7H2,1-4H3,(H,16,17). The Bertz CT molecular complexity index is 677. The first-order chi connectivity index (χ1) is 9.54. The minimum Gasteiger partial charge on any atom is -0.480 e. The predicted molar refractivity (Wildman–Crippen MR) is 72.9 cm³/mol. The predicted octanol–water partition coefficient (Wildman–Crippen LogP) is -0.0502. The van der Waals surface area contributed by atoms with Crippen LogP contribution in [0.1, 0.15) is 26.3 Å². The van der Waals surface area contributed by atoms with Crippen molar-refractivity contribution in [3.05, 3.63) is 32.6 Å². The number of hydrogen-bond donors (Lipinski definition) is 1. The van der Waals surface area contributed by atoms with E-state index < -0.39 is 41.9 Å². The van der Waals surface area contributed by atoms with Gasteiger partial charge in [-0.1, -0.05) is 0 Å². The van der Waals surface area contributed by atoms with Crippen LogP contribution in [0, 0.1) is 12.3 Å². The van der Waals surface area contributed by atoms with Gasteiger partial charge in [-0.15, -0.1) is 0 Å². The third kappa shape index (κ3) is 4.04. The molecule has 0 fully saturated rings. The number of carboxylic acids is 1. The van der Waals surface area contributed by atoms with Gasteiger partial charge in [0.25, 0.3) is 5.56 Å². The van der Waals surface area contributed by atoms with Crippen LogP contribution in [0.4, 0.5) is 0 Å². The van der Waals surface area contributed by atoms with Gasteiger partial charge in [0.15, 0.2) is 6.73 Å². The van der Waals surface area contributed by atoms with E-state index in [0.717, 1.165) is 4.57 Å². The van der Waals surface area contributed by atoms with Crippen LogP contribution in [0.3, 0.4) is 0 Å². The molecule has 0 amide bonds. The van der Waals surface area contributed by atoms with Gasteiger partial charge in [-0.25, -0.2) is 9.36 Å². The van der Waals surface area contributed by atoms with Crippen LogP contribution in [0.15, 0.2) is 15.8 Å². The van der Waals surface area contributed by atoms with Gasteiger partial charge in [0, 0.05) is 11.8 Å². The fourth-order valence-corrected chi connectivity index (χ4v) is 1.51. The quantitative estimate of drug-likeness (QED) is 0.781. The van der Waals surface area contributed by atoms with Crippen LogP contribution < -0.4 is 11.2 Å². The minimum atomic E-state index is -1.21. The number of hydrogen-bond acceptors (Lipinski definition) is 5. The summed E-state index contributed by atoms with van der Waals surface area (Å²) in [4.78, 5) is 46.3. The van der Waals surface area contributed by atoms with Gasteiger partial charge in [-0.2, -0.15) is 0 Å². The molecule has 8 nitrogen and oxygen atoms in total. The SMILES string of the molecule is Cc1cn(CC(=O)O)c(=O)n(COC(=O)C(C)(C)C)c1=O. The molecule has 0 bridgehead atoms. The third-order valence-electron chi connectivity index (χ3n) is 2.65. The Balaban J connectivity index is 3.15. The molecule has 1 N–H and O–H groups in total. The average Bonchev–Trinajstić information content (AvgIpc) is 2.33. The Morgan fingerprint density at radius 2 is 1.86 bits per heavy atom. The Labute approximate surface area is 120 Å². The van der Waals surface area contributed by atoms with Crippen LogP contribution in [0.2, 0.25) is 0 Å². The van der Waals surface area contributed by atoms with E-state index in [1.165, 1.54) is 13.1 Å². The maximum Gasteiger partial charge on any atom is 0.334 e. The number of carboxylic acid groups (broad SMARTS) is 1. The second-order valence-corrected chi connectivity index (χ2v) is 5.66. The lowest BCUT2D eigenvalue weighted by molar-refractivity contribution is -0.157. The molecule has 0 unspecified atom stereocenters. The van der Waals surface area contributed by atoms with Gasteiger partial charge in [-0.05, 0) is 27.7 Å². The maximum absolute atomic E-state index is 12.0. The lowest BCUT2D eigenvalue weighted by Crippen LogP contribution is -2.43. The molecule has 0 saturated carbocycles. The molecule has 0 saturated heterocycles. The summed E-state index contributed by atoms with van der Waals surface area (Å²) in [5.41, 5.74) is -2.05. The summed E-state index contributed by atoms with van der Waals surface area (Å²) in [5, 5.41) is 8.73. The van der Waals surface area contributed by atoms with E-state index >= 15 is 0 Å². The lowest BCUT2D eigenvalue weighted by atomic mass is 9.98. The average molecular weight is 298 g/mol. The van der Waals surface area contributed by atoms with E-state index in [-0.39, 0.29) is 5.56 Å². The van der Waals surface area contributed by atoms with Crippen molar-refractivity contribution < 1.29 is 19.4 Å². The number of aryl methyl sites for hydroxylation is 1. The Morgan fingerprint density at radius 3 is 2.33 bits per heavy atom. The van der Waals surface area contributed by atoms with Crippen LogP contribution >= 0.6 is 0 Å². The molecule has 0 aliphatic rings. The second-order valence-electron chi connectivity index (χ2n) is 5.66. The van der Waals surface area contributed by atoms with Gasteiger partial charge in [-0.3, -0.25) is 19.0 Å². The molecule has 1 heterocycles. The summed E-state index contributed by atoms with van der Waals surface area (Å²) >= 11 is 0. The maximum atomic E-state index is 12.0. The van der Waals surface area contributed by atoms with E-state index in [2.05, 4.69) is 0 Å². The Morgan fingerprint density at radius 1 is 1.29 bits per heavy atom. The molecule has 0 radical (unpaired) electrons. The molecule has 0 aromatic carbocycles. The number of carbonyl (C=O) groups excluding carboxylic acids is 1. The van der Waals surface area contributed by atoms with Crippen LogP contribution in [0.25, 0.3) is 0 Å². The molecular formula is C13H18N2O6. The highest BCUT2D eigenvalue weighted by Crippen LogP contribution is 2.14. The number of carbonyl (C=O) groups is 2. The zero-order valence-corrected chi connectivity index (χ0v) is 12.4. The van der Waals surface area contributed by atoms with Gasteiger partial charge in [0.2, 0.25) is 0 Å². The molecule has 0 aliphatic carbocycles. The van der Waals surface area contributed by atoms with Crippen molar-refractivity contribution in [3.8, 4) is 0 Å². The van der Waals surface area contributed by atoms with Crippen LogP contribution in [-0.4, -0.2) is 26.2 Å². The van der Waals surface area contributed by atoms with Crippen molar-refractivity contribution in [2.24, 2.45) is 5.41 Å². The molecule has 1 aromatic heterocycles. The Hall–Kier alpha value is -2.38. The monoisotopic (exact) mass is 298 g/mol. The Kier molecular flexibility index (Phi) is 4.72. The zero-order chi connectivity index (χ0) is 16.4. The van der Waals surface area contributed by atoms with Crippen molar-refractivity contribution >= 4 is 11.9 Å². The highest BCUT2D eigenvalue weighted by molar-refractivity contribution is 5.75. The van der Waals surface area contributed by atoms with Crippen molar-refractivity contribution in [1.29, 1.82) is 0 Å². The number of ether oxygens (including phenoxy) is 1. The van der Waals surface area contributed by atoms with Gasteiger partial charge < -0.3 is 9.84 Å². The van der Waals surface area contributed by atoms with Crippen LogP contribution in [-0.2, 0) is 27.6 Å². The lowest BCUT2D eigenvalue weighted by Gasteiger charge is -2.17. The third-order valence-corrected chi connectivity index (χ3v) is 2.65. The molecule has 0 atom stereocenters. The fourth-order valence-electron chi connectivity index (χ4n) is 1.51. The first-order valence-corrected chi connectivity index (χ1v) is 6.24. The first kappa shape index (κ1) is 16.7. The second kappa shape index (κ2) is 5.94. The highest BCUT2D eigenvalue weighted by Gasteiger charge is 2.23. The molecule has 1 aromatic rings. The topological polar surface area (TPSA) is 108 Å². The normalized spacial score (nSPS) is 11.2. The number of aliphatic carboxylic acids is 1. The summed E-state index contributed by atoms with van der Waals surface area (Å²) < 4.78 is 6.51. The smallest absolute Gasteiger partial charge is 0.334 e. The summed E-state index contributed by atoms with van der Waals surface area (Å²) in [5.74, 6) is -1.78. The highest BCUT2D eigenvalue weighted by atomic mass is 16.5. The van der Waals surface area contributed by atoms with Gasteiger partial charge in [0.1, 0.15) is 6.54 Å². The number of aromatic nitrogens is 2. The number of esters is 1. The number of nitrogens with zero attached hydrogens (tertiary/aromatic N) is 2. The van der Waals surface area contributed by atoms with E-state index in [4.69, 9.17) is 9.84 Å². The van der Waals surface area contributed by atoms with Crippen molar-refractivity contribution in [1.82, 2.24) is 9.13 Å². The van der Waals surface area contributed by atoms with E-state index in [1.807, 2.05) is 0 Å². The first-order valence-electron chi connectivity index (χ1n) is 6.24. The molecule has 1 rings (SSSR count). The molecule has 0 spiro atoms. The largest absolute Gasteiger partial charge is 0.480 e. The summed E-state index contributed by atoms with van der Waals surface area (Å²) in [6.07, 6.45) is 1.17. The van der Waals surface area contributed by atoms with Crippen molar-refractivity contribution in [2.45, 2.75) is 41.0 Å². The summed E-state index contributed by atoms with van der Waals surface area (Å²) in [6, 6.07) is 0. The van der Waals surface area contributed by atoms with Crippen molar-refractivity contribution in [2.75, 3.05) is 0 Å². The van der Waals surface area contributed by atoms with Crippen LogP contribution in [0.5, 0.6) is 0 Å². The zero-order valence-electron chi connectivity index (χ0n) is 12.4. The van der Waals surface area contributed by atoms with E-state index in [9.17, 15) is 19.2 Å². The molecule has 116 valence electrons. The number of rotatable bonds is 4. The molecule has 8 heteroatoms. The van der Waals surface area contributed by atoms with Gasteiger partial charge >= 0.3 is 17.6 Å². The minimum absolute atomic E-state index is 0.183. The molecular weight excluding hydrogens is 280 g/mol. The summed E-state index contributed by atoms with van der Waals surface area (Å²) in [7, 11) is 0. The van der Waals surface area contributed by atoms with E-state index in [1.54, 1.807) is 20.8 Å². The van der Waals surface area contributed by atoms with E-state index in [0.29, 0.717) is 4.57 Å². The summed E-state index contributed by atoms with van der Waals surface area (Å²) in [6.45, 7) is 5.23. The van der Waals surface area contributed by atoms with Gasteiger partial charge in [0.05, 0.1) is 5.41 Å². The fraction of sp³-hybridized carbons (Fsp3) is 0.538. The molecule has 0 aliphatic heterocycles. The van der Waals surface area contributed by atoms with Crippen molar-refractivity contribution in [3.63, 3.8) is 0 Å². The molecule has 21 heavy (non-hydrogen) atoms.